The van der Waals surface area contributed by atoms with Gasteiger partial charge in [0.2, 0.25) is 5.13 Å². The standard InChI is InChI=1S/C9H8N6S2/c1-15(2)8-13-14-9(17-8)16-7-6(5-10)11-3-4-12-7/h3-4H,1-2H3. The topological polar surface area (TPSA) is 78.6 Å². The molecule has 0 aliphatic heterocycles. The molecular formula is C9H8N6S2. The maximum atomic E-state index is 8.88. The van der Waals surface area contributed by atoms with Crippen molar-refractivity contribution in [3.05, 3.63) is 18.1 Å². The minimum Gasteiger partial charge on any atom is -0.353 e. The van der Waals surface area contributed by atoms with Gasteiger partial charge >= 0.3 is 0 Å². The molecule has 2 aromatic heterocycles. The van der Waals surface area contributed by atoms with Gasteiger partial charge in [0.25, 0.3) is 0 Å². The van der Waals surface area contributed by atoms with Crippen LogP contribution in [-0.4, -0.2) is 34.3 Å². The van der Waals surface area contributed by atoms with Gasteiger partial charge in [0.05, 0.1) is 0 Å². The molecule has 0 aliphatic carbocycles. The zero-order chi connectivity index (χ0) is 12.3. The van der Waals surface area contributed by atoms with Crippen molar-refractivity contribution in [3.8, 4) is 6.07 Å². The summed E-state index contributed by atoms with van der Waals surface area (Å²) in [4.78, 5) is 9.92. The van der Waals surface area contributed by atoms with Crippen molar-refractivity contribution in [3.63, 3.8) is 0 Å². The van der Waals surface area contributed by atoms with Crippen molar-refractivity contribution in [2.24, 2.45) is 0 Å². The third-order valence-corrected chi connectivity index (χ3v) is 3.87. The lowest BCUT2D eigenvalue weighted by atomic mass is 10.5. The molecule has 2 aromatic rings. The molecule has 0 aliphatic rings. The van der Waals surface area contributed by atoms with Gasteiger partial charge in [-0.3, -0.25) is 0 Å². The number of nitriles is 1. The Labute approximate surface area is 106 Å². The average Bonchev–Trinajstić information content (AvgIpc) is 2.78. The Morgan fingerprint density at radius 3 is 2.71 bits per heavy atom. The summed E-state index contributed by atoms with van der Waals surface area (Å²) in [5.74, 6) is 0. The predicted molar refractivity (Wildman–Crippen MR) is 65.1 cm³/mol. The van der Waals surface area contributed by atoms with Crippen LogP contribution >= 0.6 is 23.1 Å². The predicted octanol–water partition coefficient (Wildman–Crippen LogP) is 1.42. The molecule has 0 fully saturated rings. The zero-order valence-electron chi connectivity index (χ0n) is 9.15. The fourth-order valence-electron chi connectivity index (χ4n) is 0.984. The van der Waals surface area contributed by atoms with E-state index in [2.05, 4.69) is 20.2 Å². The van der Waals surface area contributed by atoms with Crippen LogP contribution in [0.15, 0.2) is 21.8 Å². The summed E-state index contributed by atoms with van der Waals surface area (Å²) in [6.07, 6.45) is 3.05. The molecule has 0 saturated carbocycles. The van der Waals surface area contributed by atoms with Crippen molar-refractivity contribution < 1.29 is 0 Å². The molecule has 0 aromatic carbocycles. The number of nitrogens with zero attached hydrogens (tertiary/aromatic N) is 6. The van der Waals surface area contributed by atoms with Crippen molar-refractivity contribution in [1.82, 2.24) is 20.2 Å². The molecular weight excluding hydrogens is 256 g/mol. The molecule has 6 nitrogen and oxygen atoms in total. The Balaban J connectivity index is 2.23. The molecule has 0 unspecified atom stereocenters. The molecule has 17 heavy (non-hydrogen) atoms. The van der Waals surface area contributed by atoms with Gasteiger partial charge in [0, 0.05) is 26.5 Å². The zero-order valence-corrected chi connectivity index (χ0v) is 10.8. The van der Waals surface area contributed by atoms with Crippen LogP contribution in [0.4, 0.5) is 5.13 Å². The lowest BCUT2D eigenvalue weighted by molar-refractivity contribution is 0.966. The van der Waals surface area contributed by atoms with Crippen LogP contribution < -0.4 is 4.90 Å². The highest BCUT2D eigenvalue weighted by molar-refractivity contribution is 8.01. The fraction of sp³-hybridized carbons (Fsp3) is 0.222. The molecule has 0 N–H and O–H groups in total. The molecule has 0 radical (unpaired) electrons. The molecule has 2 rings (SSSR count). The SMILES string of the molecule is CN(C)c1nnc(Sc2nccnc2C#N)s1. The number of aromatic nitrogens is 4. The lowest BCUT2D eigenvalue weighted by Crippen LogP contribution is -2.07. The van der Waals surface area contributed by atoms with E-state index in [1.807, 2.05) is 25.1 Å². The van der Waals surface area contributed by atoms with Gasteiger partial charge in [0.1, 0.15) is 11.1 Å². The van der Waals surface area contributed by atoms with Gasteiger partial charge in [-0.05, 0) is 11.8 Å². The van der Waals surface area contributed by atoms with E-state index < -0.39 is 0 Å². The van der Waals surface area contributed by atoms with E-state index in [0.29, 0.717) is 10.7 Å². The van der Waals surface area contributed by atoms with Crippen molar-refractivity contribution in [1.29, 1.82) is 5.26 Å². The summed E-state index contributed by atoms with van der Waals surface area (Å²) in [5.41, 5.74) is 0.305. The first kappa shape index (κ1) is 11.8. The minimum absolute atomic E-state index is 0.305. The summed E-state index contributed by atoms with van der Waals surface area (Å²) in [7, 11) is 3.80. The summed E-state index contributed by atoms with van der Waals surface area (Å²) < 4.78 is 0.741. The Morgan fingerprint density at radius 1 is 1.29 bits per heavy atom. The third-order valence-electron chi connectivity index (χ3n) is 1.73. The Bertz CT molecular complexity index is 559. The summed E-state index contributed by atoms with van der Waals surface area (Å²) in [6, 6.07) is 2.00. The fourth-order valence-corrected chi connectivity index (χ4v) is 2.67. The quantitative estimate of drug-likeness (QED) is 0.829. The summed E-state index contributed by atoms with van der Waals surface area (Å²) in [5, 5.41) is 18.3. The maximum Gasteiger partial charge on any atom is 0.208 e. The van der Waals surface area contributed by atoms with Gasteiger partial charge < -0.3 is 4.90 Å². The molecule has 0 spiro atoms. The molecule has 0 saturated heterocycles. The van der Waals surface area contributed by atoms with Crippen LogP contribution in [0.1, 0.15) is 5.69 Å². The lowest BCUT2D eigenvalue weighted by Gasteiger charge is -2.03. The van der Waals surface area contributed by atoms with Crippen LogP contribution in [0.2, 0.25) is 0 Å². The van der Waals surface area contributed by atoms with E-state index in [4.69, 9.17) is 5.26 Å². The first-order valence-electron chi connectivity index (χ1n) is 4.60. The molecule has 86 valence electrons. The Kier molecular flexibility index (Phi) is 3.51. The van der Waals surface area contributed by atoms with Crippen molar-refractivity contribution in [2.75, 3.05) is 19.0 Å². The highest BCUT2D eigenvalue weighted by atomic mass is 32.2. The van der Waals surface area contributed by atoms with Crippen LogP contribution in [0.5, 0.6) is 0 Å². The van der Waals surface area contributed by atoms with Gasteiger partial charge in [-0.25, -0.2) is 9.97 Å². The maximum absolute atomic E-state index is 8.88. The Morgan fingerprint density at radius 2 is 2.06 bits per heavy atom. The van der Waals surface area contributed by atoms with Gasteiger partial charge in [-0.2, -0.15) is 5.26 Å². The molecule has 0 bridgehead atoms. The van der Waals surface area contributed by atoms with Crippen LogP contribution in [0, 0.1) is 11.3 Å². The van der Waals surface area contributed by atoms with Crippen LogP contribution in [0.25, 0.3) is 0 Å². The second-order valence-corrected chi connectivity index (χ2v) is 5.36. The number of hydrogen-bond donors (Lipinski definition) is 0. The largest absolute Gasteiger partial charge is 0.353 e. The molecule has 8 heteroatoms. The van der Waals surface area contributed by atoms with Crippen molar-refractivity contribution >= 4 is 28.2 Å². The smallest absolute Gasteiger partial charge is 0.208 e. The van der Waals surface area contributed by atoms with E-state index >= 15 is 0 Å². The average molecular weight is 264 g/mol. The minimum atomic E-state index is 0.305. The first-order valence-corrected chi connectivity index (χ1v) is 6.24. The van der Waals surface area contributed by atoms with Gasteiger partial charge in [-0.15, -0.1) is 10.2 Å². The van der Waals surface area contributed by atoms with E-state index in [0.717, 1.165) is 9.47 Å². The molecule has 0 amide bonds. The summed E-state index contributed by atoms with van der Waals surface area (Å²) >= 11 is 2.74. The van der Waals surface area contributed by atoms with E-state index in [1.54, 1.807) is 6.20 Å². The van der Waals surface area contributed by atoms with E-state index in [1.165, 1.54) is 29.3 Å². The van der Waals surface area contributed by atoms with Gasteiger partial charge in [-0.1, -0.05) is 11.3 Å². The van der Waals surface area contributed by atoms with E-state index in [-0.39, 0.29) is 0 Å². The number of anilines is 1. The molecule has 2 heterocycles. The second kappa shape index (κ2) is 5.07. The number of hydrogen-bond acceptors (Lipinski definition) is 8. The monoisotopic (exact) mass is 264 g/mol. The van der Waals surface area contributed by atoms with E-state index in [9.17, 15) is 0 Å². The highest BCUT2D eigenvalue weighted by Gasteiger charge is 2.11. The van der Waals surface area contributed by atoms with Crippen LogP contribution in [0.3, 0.4) is 0 Å². The molecule has 0 atom stereocenters. The highest BCUT2D eigenvalue weighted by Crippen LogP contribution is 2.32. The third kappa shape index (κ3) is 2.69. The number of rotatable bonds is 3. The normalized spacial score (nSPS) is 9.94. The van der Waals surface area contributed by atoms with Crippen LogP contribution in [-0.2, 0) is 0 Å². The van der Waals surface area contributed by atoms with Gasteiger partial charge in [0.15, 0.2) is 10.0 Å². The first-order chi connectivity index (χ1) is 8.20. The second-order valence-electron chi connectivity index (χ2n) is 3.17. The Hall–Kier alpha value is -1.72. The van der Waals surface area contributed by atoms with Crippen molar-refractivity contribution in [2.45, 2.75) is 9.37 Å². The summed E-state index contributed by atoms with van der Waals surface area (Å²) in [6.45, 7) is 0.